The highest BCUT2D eigenvalue weighted by molar-refractivity contribution is 7.09. The van der Waals surface area contributed by atoms with E-state index in [2.05, 4.69) is 10.3 Å². The predicted molar refractivity (Wildman–Crippen MR) is 76.9 cm³/mol. The molecule has 1 aromatic carbocycles. The minimum atomic E-state index is -0.510. The van der Waals surface area contributed by atoms with Crippen molar-refractivity contribution < 1.29 is 4.92 Å². The van der Waals surface area contributed by atoms with Crippen LogP contribution >= 0.6 is 22.9 Å². The van der Waals surface area contributed by atoms with Gasteiger partial charge in [0.25, 0.3) is 0 Å². The van der Waals surface area contributed by atoms with Crippen LogP contribution in [0.25, 0.3) is 0 Å². The summed E-state index contributed by atoms with van der Waals surface area (Å²) in [6.45, 7) is 3.83. The number of aromatic nitrogens is 1. The van der Waals surface area contributed by atoms with Crippen LogP contribution in [0.1, 0.15) is 18.9 Å². The fourth-order valence-electron chi connectivity index (χ4n) is 1.72. The Labute approximate surface area is 119 Å². The Kier molecular flexibility index (Phi) is 3.73. The van der Waals surface area contributed by atoms with Crippen LogP contribution in [0.4, 0.5) is 11.4 Å². The van der Waals surface area contributed by atoms with Crippen LogP contribution in [0.5, 0.6) is 0 Å². The van der Waals surface area contributed by atoms with Crippen molar-refractivity contribution in [2.45, 2.75) is 19.4 Å². The Bertz CT molecular complexity index is 599. The predicted octanol–water partition coefficient (Wildman–Crippen LogP) is 4.05. The van der Waals surface area contributed by atoms with Gasteiger partial charge < -0.3 is 5.32 Å². The van der Waals surface area contributed by atoms with Crippen molar-refractivity contribution in [3.8, 4) is 0 Å². The summed E-state index contributed by atoms with van der Waals surface area (Å²) in [5.41, 5.74) is -0.240. The van der Waals surface area contributed by atoms with Crippen molar-refractivity contribution in [2.24, 2.45) is 0 Å². The lowest BCUT2D eigenvalue weighted by Gasteiger charge is -2.25. The van der Waals surface area contributed by atoms with Crippen LogP contribution in [-0.4, -0.2) is 9.91 Å². The first-order valence-electron chi connectivity index (χ1n) is 5.53. The Morgan fingerprint density at radius 3 is 2.79 bits per heavy atom. The standard InChI is InChI=1S/C12H12ClN3O2S/c1-12(2,11-14-6-7-19-11)15-9-5-3-4-8(13)10(9)16(17)18/h3-7,15H,1-2H3. The maximum absolute atomic E-state index is 11.1. The van der Waals surface area contributed by atoms with Gasteiger partial charge >= 0.3 is 5.69 Å². The lowest BCUT2D eigenvalue weighted by molar-refractivity contribution is -0.383. The van der Waals surface area contributed by atoms with Gasteiger partial charge in [0.1, 0.15) is 15.7 Å². The highest BCUT2D eigenvalue weighted by atomic mass is 35.5. The number of nitro benzene ring substituents is 1. The van der Waals surface area contributed by atoms with Gasteiger partial charge in [0.2, 0.25) is 0 Å². The summed E-state index contributed by atoms with van der Waals surface area (Å²) < 4.78 is 0. The molecule has 19 heavy (non-hydrogen) atoms. The molecule has 0 aliphatic carbocycles. The molecule has 0 bridgehead atoms. The monoisotopic (exact) mass is 297 g/mol. The van der Waals surface area contributed by atoms with E-state index in [9.17, 15) is 10.1 Å². The molecule has 2 aromatic rings. The molecule has 5 nitrogen and oxygen atoms in total. The highest BCUT2D eigenvalue weighted by Crippen LogP contribution is 2.36. The number of hydrogen-bond acceptors (Lipinski definition) is 5. The number of thiazole rings is 1. The molecule has 2 rings (SSSR count). The van der Waals surface area contributed by atoms with Gasteiger partial charge in [0, 0.05) is 11.6 Å². The minimum Gasteiger partial charge on any atom is -0.368 e. The van der Waals surface area contributed by atoms with E-state index >= 15 is 0 Å². The van der Waals surface area contributed by atoms with Crippen LogP contribution in [0.2, 0.25) is 5.02 Å². The van der Waals surface area contributed by atoms with E-state index in [0.717, 1.165) is 5.01 Å². The molecule has 0 aliphatic rings. The first-order chi connectivity index (χ1) is 8.92. The average Bonchev–Trinajstić information content (AvgIpc) is 2.81. The summed E-state index contributed by atoms with van der Waals surface area (Å²) in [6, 6.07) is 4.82. The van der Waals surface area contributed by atoms with Crippen molar-refractivity contribution in [3.63, 3.8) is 0 Å². The molecule has 0 spiro atoms. The summed E-state index contributed by atoms with van der Waals surface area (Å²) in [4.78, 5) is 14.8. The fraction of sp³-hybridized carbons (Fsp3) is 0.250. The highest BCUT2D eigenvalue weighted by Gasteiger charge is 2.27. The minimum absolute atomic E-state index is 0.116. The molecule has 1 N–H and O–H groups in total. The Balaban J connectivity index is 2.39. The molecule has 0 fully saturated rings. The lowest BCUT2D eigenvalue weighted by atomic mass is 10.1. The fourth-order valence-corrected chi connectivity index (χ4v) is 2.69. The Morgan fingerprint density at radius 1 is 1.47 bits per heavy atom. The summed E-state index contributed by atoms with van der Waals surface area (Å²) in [5.74, 6) is 0. The third-order valence-electron chi connectivity index (χ3n) is 2.58. The average molecular weight is 298 g/mol. The molecule has 7 heteroatoms. The van der Waals surface area contributed by atoms with E-state index in [1.165, 1.54) is 17.4 Å². The van der Waals surface area contributed by atoms with E-state index in [0.29, 0.717) is 5.69 Å². The number of para-hydroxylation sites is 1. The zero-order valence-corrected chi connectivity index (χ0v) is 12.0. The van der Waals surface area contributed by atoms with Crippen LogP contribution in [-0.2, 0) is 5.54 Å². The zero-order valence-electron chi connectivity index (χ0n) is 10.4. The van der Waals surface area contributed by atoms with Gasteiger partial charge in [-0.15, -0.1) is 11.3 Å². The van der Waals surface area contributed by atoms with Crippen molar-refractivity contribution in [1.82, 2.24) is 4.98 Å². The molecular weight excluding hydrogens is 286 g/mol. The number of nitrogens with one attached hydrogen (secondary N) is 1. The summed E-state index contributed by atoms with van der Waals surface area (Å²) in [6.07, 6.45) is 1.70. The first-order valence-corrected chi connectivity index (χ1v) is 6.78. The number of rotatable bonds is 4. The lowest BCUT2D eigenvalue weighted by Crippen LogP contribution is -2.28. The quantitative estimate of drug-likeness (QED) is 0.683. The van der Waals surface area contributed by atoms with Gasteiger partial charge in [0.15, 0.2) is 0 Å². The maximum Gasteiger partial charge on any atom is 0.310 e. The molecule has 0 saturated carbocycles. The van der Waals surface area contributed by atoms with Crippen LogP contribution < -0.4 is 5.32 Å². The normalized spacial score (nSPS) is 11.3. The Hall–Kier alpha value is -1.66. The number of anilines is 1. The van der Waals surface area contributed by atoms with Crippen molar-refractivity contribution >= 4 is 34.3 Å². The van der Waals surface area contributed by atoms with Gasteiger partial charge in [-0.1, -0.05) is 17.7 Å². The number of benzene rings is 1. The SMILES string of the molecule is CC(C)(Nc1cccc(Cl)c1[N+](=O)[O-])c1nccs1. The molecule has 0 radical (unpaired) electrons. The summed E-state index contributed by atoms with van der Waals surface area (Å²) >= 11 is 7.37. The van der Waals surface area contributed by atoms with Crippen molar-refractivity contribution in [1.29, 1.82) is 0 Å². The topological polar surface area (TPSA) is 68.1 Å². The molecule has 1 aromatic heterocycles. The Morgan fingerprint density at radius 2 is 2.21 bits per heavy atom. The van der Waals surface area contributed by atoms with E-state index < -0.39 is 10.5 Å². The van der Waals surface area contributed by atoms with Gasteiger partial charge in [-0.25, -0.2) is 4.98 Å². The molecule has 1 heterocycles. The van der Waals surface area contributed by atoms with Gasteiger partial charge in [-0.05, 0) is 26.0 Å². The van der Waals surface area contributed by atoms with E-state index in [-0.39, 0.29) is 10.7 Å². The summed E-state index contributed by atoms with van der Waals surface area (Å²) in [5, 5.41) is 17.0. The number of nitro groups is 1. The van der Waals surface area contributed by atoms with Gasteiger partial charge in [-0.2, -0.15) is 0 Å². The second-order valence-electron chi connectivity index (χ2n) is 4.48. The smallest absolute Gasteiger partial charge is 0.310 e. The molecular formula is C12H12ClN3O2S. The summed E-state index contributed by atoms with van der Waals surface area (Å²) in [7, 11) is 0. The third kappa shape index (κ3) is 2.85. The molecule has 0 aliphatic heterocycles. The van der Waals surface area contributed by atoms with Gasteiger partial charge in [-0.3, -0.25) is 10.1 Å². The first kappa shape index (κ1) is 13.8. The van der Waals surface area contributed by atoms with Crippen LogP contribution in [0, 0.1) is 10.1 Å². The van der Waals surface area contributed by atoms with Crippen LogP contribution in [0.15, 0.2) is 29.8 Å². The number of hydrogen-bond donors (Lipinski definition) is 1. The number of halogens is 1. The molecule has 0 amide bonds. The second kappa shape index (κ2) is 5.14. The molecule has 0 saturated heterocycles. The molecule has 0 unspecified atom stereocenters. The van der Waals surface area contributed by atoms with E-state index in [1.54, 1.807) is 18.3 Å². The third-order valence-corrected chi connectivity index (χ3v) is 3.99. The van der Waals surface area contributed by atoms with Gasteiger partial charge in [0.05, 0.1) is 10.5 Å². The molecule has 100 valence electrons. The van der Waals surface area contributed by atoms with Crippen LogP contribution in [0.3, 0.4) is 0 Å². The van der Waals surface area contributed by atoms with E-state index in [4.69, 9.17) is 11.6 Å². The van der Waals surface area contributed by atoms with Crippen molar-refractivity contribution in [2.75, 3.05) is 5.32 Å². The molecule has 0 atom stereocenters. The maximum atomic E-state index is 11.1. The zero-order chi connectivity index (χ0) is 14.0. The second-order valence-corrected chi connectivity index (χ2v) is 5.78. The largest absolute Gasteiger partial charge is 0.368 e. The van der Waals surface area contributed by atoms with Crippen molar-refractivity contribution in [3.05, 3.63) is 49.9 Å². The number of nitrogens with zero attached hydrogens (tertiary/aromatic N) is 2. The van der Waals surface area contributed by atoms with E-state index in [1.807, 2.05) is 19.2 Å².